The van der Waals surface area contributed by atoms with Crippen molar-refractivity contribution in [2.75, 3.05) is 19.8 Å². The van der Waals surface area contributed by atoms with Crippen LogP contribution in [0.15, 0.2) is 24.3 Å². The zero-order chi connectivity index (χ0) is 18.6. The first-order valence-corrected chi connectivity index (χ1v) is 7.96. The molecule has 3 amide bonds. The Bertz CT molecular complexity index is 656. The average Bonchev–Trinajstić information content (AvgIpc) is 2.75. The van der Waals surface area contributed by atoms with Crippen LogP contribution in [0.1, 0.15) is 31.1 Å². The molecule has 1 aliphatic heterocycles. The van der Waals surface area contributed by atoms with Crippen LogP contribution in [0.4, 0.5) is 4.79 Å². The molecule has 8 nitrogen and oxygen atoms in total. The summed E-state index contributed by atoms with van der Waals surface area (Å²) >= 11 is 0. The number of hydrogen-bond acceptors (Lipinski definition) is 6. The fraction of sp³-hybridized carbons (Fsp3) is 0.471. The summed E-state index contributed by atoms with van der Waals surface area (Å²) in [6.45, 7) is 4.96. The van der Waals surface area contributed by atoms with Crippen molar-refractivity contribution < 1.29 is 29.0 Å². The molecule has 2 N–H and O–H groups in total. The Morgan fingerprint density at radius 1 is 1.28 bits per heavy atom. The molecule has 0 aliphatic carbocycles. The number of benzene rings is 1. The molecule has 1 fully saturated rings. The van der Waals surface area contributed by atoms with Crippen molar-refractivity contribution in [1.82, 2.24) is 10.2 Å². The molecule has 0 aromatic heterocycles. The summed E-state index contributed by atoms with van der Waals surface area (Å²) in [5, 5.41) is 12.6. The van der Waals surface area contributed by atoms with E-state index >= 15 is 0 Å². The van der Waals surface area contributed by atoms with Crippen molar-refractivity contribution in [3.05, 3.63) is 29.8 Å². The van der Waals surface area contributed by atoms with Gasteiger partial charge < -0.3 is 19.9 Å². The summed E-state index contributed by atoms with van der Waals surface area (Å²) in [6, 6.07) is 5.73. The minimum absolute atomic E-state index is 0.101. The predicted molar refractivity (Wildman–Crippen MR) is 88.2 cm³/mol. The Hall–Kier alpha value is -2.61. The van der Waals surface area contributed by atoms with Gasteiger partial charge in [-0.15, -0.1) is 0 Å². The molecule has 136 valence electrons. The number of carbonyl (C=O) groups excluding carboxylic acids is 3. The largest absolute Gasteiger partial charge is 0.491 e. The van der Waals surface area contributed by atoms with Gasteiger partial charge in [-0.05, 0) is 45.0 Å². The van der Waals surface area contributed by atoms with Crippen LogP contribution in [0.5, 0.6) is 5.75 Å². The standard InChI is InChI=1S/C17H22N2O6/c1-4-24-14(21)11-5-7-13(8-6-11)25-10-12(20)9-19-15(22)17(2,3)18-16(19)23/h5-8,12,20H,4,9-10H2,1-3H3,(H,18,23). The molecule has 1 unspecified atom stereocenters. The highest BCUT2D eigenvalue weighted by Gasteiger charge is 2.44. The maximum atomic E-state index is 12.0. The third-order valence-corrected chi connectivity index (χ3v) is 3.65. The van der Waals surface area contributed by atoms with Crippen molar-refractivity contribution in [2.24, 2.45) is 0 Å². The number of carbonyl (C=O) groups is 3. The van der Waals surface area contributed by atoms with E-state index in [1.54, 1.807) is 45.0 Å². The Labute approximate surface area is 145 Å². The fourth-order valence-electron chi connectivity index (χ4n) is 2.34. The molecule has 0 saturated carbocycles. The van der Waals surface area contributed by atoms with Crippen LogP contribution in [0.2, 0.25) is 0 Å². The number of urea groups is 1. The second-order valence-corrected chi connectivity index (χ2v) is 6.18. The Kier molecular flexibility index (Phi) is 5.63. The van der Waals surface area contributed by atoms with Gasteiger partial charge in [0.2, 0.25) is 0 Å². The van der Waals surface area contributed by atoms with Crippen LogP contribution in [0.25, 0.3) is 0 Å². The van der Waals surface area contributed by atoms with Crippen molar-refractivity contribution in [1.29, 1.82) is 0 Å². The number of hydrogen-bond donors (Lipinski definition) is 2. The van der Waals surface area contributed by atoms with Crippen LogP contribution in [-0.2, 0) is 9.53 Å². The highest BCUT2D eigenvalue weighted by molar-refractivity contribution is 6.06. The maximum Gasteiger partial charge on any atom is 0.338 e. The molecule has 2 rings (SSSR count). The van der Waals surface area contributed by atoms with Gasteiger partial charge in [-0.2, -0.15) is 0 Å². The number of esters is 1. The number of nitrogens with zero attached hydrogens (tertiary/aromatic N) is 1. The molecule has 1 atom stereocenters. The number of β-amino-alcohol motifs (C(OH)–C–C–N with tert-alkyl or cyclic N) is 1. The molecular formula is C17H22N2O6. The van der Waals surface area contributed by atoms with E-state index in [1.807, 2.05) is 0 Å². The van der Waals surface area contributed by atoms with Crippen molar-refractivity contribution in [3.8, 4) is 5.75 Å². The van der Waals surface area contributed by atoms with E-state index in [1.165, 1.54) is 0 Å². The molecule has 1 aliphatic rings. The van der Waals surface area contributed by atoms with Crippen molar-refractivity contribution in [2.45, 2.75) is 32.4 Å². The molecule has 1 aromatic carbocycles. The molecular weight excluding hydrogens is 328 g/mol. The van der Waals surface area contributed by atoms with Gasteiger partial charge in [-0.25, -0.2) is 9.59 Å². The molecule has 1 aromatic rings. The SMILES string of the molecule is CCOC(=O)c1ccc(OCC(O)CN2C(=O)NC(C)(C)C2=O)cc1. The van der Waals surface area contributed by atoms with E-state index in [0.717, 1.165) is 4.90 Å². The lowest BCUT2D eigenvalue weighted by Gasteiger charge is -2.19. The first kappa shape index (κ1) is 18.7. The summed E-state index contributed by atoms with van der Waals surface area (Å²) < 4.78 is 10.3. The molecule has 8 heteroatoms. The highest BCUT2D eigenvalue weighted by atomic mass is 16.5. The van der Waals surface area contributed by atoms with Crippen LogP contribution in [-0.4, -0.2) is 59.3 Å². The van der Waals surface area contributed by atoms with Crippen LogP contribution in [0.3, 0.4) is 0 Å². The molecule has 1 saturated heterocycles. The topological polar surface area (TPSA) is 105 Å². The average molecular weight is 350 g/mol. The molecule has 0 spiro atoms. The minimum atomic E-state index is -1.03. The van der Waals surface area contributed by atoms with Crippen molar-refractivity contribution in [3.63, 3.8) is 0 Å². The highest BCUT2D eigenvalue weighted by Crippen LogP contribution is 2.17. The smallest absolute Gasteiger partial charge is 0.338 e. The van der Waals surface area contributed by atoms with Gasteiger partial charge in [0.1, 0.15) is 24.0 Å². The molecule has 0 bridgehead atoms. The second-order valence-electron chi connectivity index (χ2n) is 6.18. The number of ether oxygens (including phenoxy) is 2. The van der Waals surface area contributed by atoms with E-state index in [2.05, 4.69) is 5.32 Å². The number of amides is 3. The Morgan fingerprint density at radius 2 is 1.92 bits per heavy atom. The summed E-state index contributed by atoms with van der Waals surface area (Å²) in [7, 11) is 0. The summed E-state index contributed by atoms with van der Waals surface area (Å²) in [6.07, 6.45) is -1.03. The third-order valence-electron chi connectivity index (χ3n) is 3.65. The monoisotopic (exact) mass is 350 g/mol. The number of aliphatic hydroxyl groups is 1. The van der Waals surface area contributed by atoms with Crippen LogP contribution < -0.4 is 10.1 Å². The third kappa shape index (κ3) is 4.48. The lowest BCUT2D eigenvalue weighted by molar-refractivity contribution is -0.131. The predicted octanol–water partition coefficient (Wildman–Crippen LogP) is 0.933. The number of aliphatic hydroxyl groups excluding tert-OH is 1. The fourth-order valence-corrected chi connectivity index (χ4v) is 2.34. The molecule has 1 heterocycles. The van der Waals surface area contributed by atoms with Gasteiger partial charge in [0.05, 0.1) is 18.7 Å². The van der Waals surface area contributed by atoms with Gasteiger partial charge in [0, 0.05) is 0 Å². The van der Waals surface area contributed by atoms with Crippen molar-refractivity contribution >= 4 is 17.9 Å². The summed E-state index contributed by atoms with van der Waals surface area (Å²) in [5.41, 5.74) is -0.572. The number of rotatable bonds is 7. The van der Waals surface area contributed by atoms with Gasteiger partial charge in [0.15, 0.2) is 0 Å². The summed E-state index contributed by atoms with van der Waals surface area (Å²) in [5.74, 6) is -0.366. The first-order valence-electron chi connectivity index (χ1n) is 7.96. The first-order chi connectivity index (χ1) is 11.7. The zero-order valence-electron chi connectivity index (χ0n) is 14.4. The maximum absolute atomic E-state index is 12.0. The quantitative estimate of drug-likeness (QED) is 0.560. The number of imide groups is 1. The number of nitrogens with one attached hydrogen (secondary N) is 1. The lowest BCUT2D eigenvalue weighted by Crippen LogP contribution is -2.42. The normalized spacial score (nSPS) is 17.2. The van der Waals surface area contributed by atoms with Gasteiger partial charge in [0.25, 0.3) is 5.91 Å². The zero-order valence-corrected chi connectivity index (χ0v) is 14.4. The summed E-state index contributed by atoms with van der Waals surface area (Å²) in [4.78, 5) is 36.3. The van der Waals surface area contributed by atoms with E-state index in [4.69, 9.17) is 9.47 Å². The van der Waals surface area contributed by atoms with E-state index < -0.39 is 29.6 Å². The molecule has 25 heavy (non-hydrogen) atoms. The van der Waals surface area contributed by atoms with Gasteiger partial charge >= 0.3 is 12.0 Å². The second kappa shape index (κ2) is 7.52. The lowest BCUT2D eigenvalue weighted by atomic mass is 10.1. The van der Waals surface area contributed by atoms with Gasteiger partial charge in [-0.1, -0.05) is 0 Å². The Morgan fingerprint density at radius 3 is 2.44 bits per heavy atom. The van der Waals surface area contributed by atoms with E-state index in [0.29, 0.717) is 17.9 Å². The van der Waals surface area contributed by atoms with E-state index in [-0.39, 0.29) is 13.2 Å². The van der Waals surface area contributed by atoms with Crippen LogP contribution >= 0.6 is 0 Å². The minimum Gasteiger partial charge on any atom is -0.491 e. The van der Waals surface area contributed by atoms with Crippen LogP contribution in [0, 0.1) is 0 Å². The van der Waals surface area contributed by atoms with Gasteiger partial charge in [-0.3, -0.25) is 9.69 Å². The van der Waals surface area contributed by atoms with E-state index in [9.17, 15) is 19.5 Å². The molecule has 0 radical (unpaired) electrons. The Balaban J connectivity index is 1.86.